The molecule has 1 heterocycles. The molecule has 0 aliphatic carbocycles. The normalized spacial score (nSPS) is 23.1. The molecule has 1 aliphatic rings. The Morgan fingerprint density at radius 1 is 1.27 bits per heavy atom. The number of ether oxygens (including phenoxy) is 1. The zero-order chi connectivity index (χ0) is 16.3. The van der Waals surface area contributed by atoms with E-state index in [2.05, 4.69) is 0 Å². The van der Waals surface area contributed by atoms with E-state index >= 15 is 0 Å². The van der Waals surface area contributed by atoms with Gasteiger partial charge in [0.15, 0.2) is 6.10 Å². The quantitative estimate of drug-likeness (QED) is 0.390. The first-order valence-corrected chi connectivity index (χ1v) is 8.50. The number of rotatable bonds is 5. The molecule has 1 aliphatic heterocycles. The van der Waals surface area contributed by atoms with Gasteiger partial charge in [-0.3, -0.25) is 4.79 Å². The topological polar surface area (TPSA) is 63.6 Å². The van der Waals surface area contributed by atoms with Crippen molar-refractivity contribution in [3.63, 3.8) is 0 Å². The molecule has 0 radical (unpaired) electrons. The summed E-state index contributed by atoms with van der Waals surface area (Å²) in [5, 5.41) is 10.6. The molecule has 2 rings (SSSR count). The maximum atomic E-state index is 12.4. The smallest absolute Gasteiger partial charge is 0.346 e. The first-order chi connectivity index (χ1) is 10.5. The summed E-state index contributed by atoms with van der Waals surface area (Å²) in [5.74, 6) is -1.76. The summed E-state index contributed by atoms with van der Waals surface area (Å²) in [6, 6.07) is 9.26. The van der Waals surface area contributed by atoms with Crippen molar-refractivity contribution in [2.24, 2.45) is 0 Å². The summed E-state index contributed by atoms with van der Waals surface area (Å²) in [6.07, 6.45) is 1.62. The molecule has 0 bridgehead atoms. The summed E-state index contributed by atoms with van der Waals surface area (Å²) < 4.78 is 5.15. The fraction of sp³-hybridized carbons (Fsp3) is 0.412. The summed E-state index contributed by atoms with van der Waals surface area (Å²) >= 11 is 1.61. The van der Waals surface area contributed by atoms with Gasteiger partial charge in [0.2, 0.25) is 5.78 Å². The predicted octanol–water partition coefficient (Wildman–Crippen LogP) is 3.24. The van der Waals surface area contributed by atoms with Gasteiger partial charge in [0.05, 0.1) is 0 Å². The highest BCUT2D eigenvalue weighted by atomic mass is 32.2. The van der Waals surface area contributed by atoms with Crippen molar-refractivity contribution in [1.82, 2.24) is 0 Å². The highest BCUT2D eigenvalue weighted by Gasteiger charge is 2.42. The maximum absolute atomic E-state index is 12.4. The lowest BCUT2D eigenvalue weighted by Crippen LogP contribution is -2.21. The molecule has 1 fully saturated rings. The van der Waals surface area contributed by atoms with Crippen LogP contribution in [0, 0.1) is 0 Å². The van der Waals surface area contributed by atoms with Crippen LogP contribution in [0.1, 0.15) is 31.7 Å². The Labute approximate surface area is 134 Å². The molecular weight excluding hydrogens is 300 g/mol. The van der Waals surface area contributed by atoms with Crippen LogP contribution in [0.3, 0.4) is 0 Å². The maximum Gasteiger partial charge on any atom is 0.346 e. The third-order valence-electron chi connectivity index (χ3n) is 3.91. The molecule has 118 valence electrons. The first-order valence-electron chi connectivity index (χ1n) is 7.21. The molecule has 0 aromatic heterocycles. The Kier molecular flexibility index (Phi) is 5.29. The molecule has 5 heteroatoms. The van der Waals surface area contributed by atoms with Crippen molar-refractivity contribution in [2.45, 2.75) is 37.5 Å². The summed E-state index contributed by atoms with van der Waals surface area (Å²) in [4.78, 5) is 24.3. The molecule has 22 heavy (non-hydrogen) atoms. The van der Waals surface area contributed by atoms with Crippen LogP contribution in [-0.4, -0.2) is 34.5 Å². The highest BCUT2D eigenvalue weighted by Crippen LogP contribution is 2.31. The monoisotopic (exact) mass is 320 g/mol. The average molecular weight is 320 g/mol. The standard InChI is InChI=1S/C17H20O4S/c1-10(22-3)9-13-16(19)14(17(20)21-13)15(18)11(2)12-7-5-4-6-8-12/h4-8,10-11,13,18H,9H2,1-3H3. The molecule has 3 atom stereocenters. The second-order valence-corrected chi connectivity index (χ2v) is 6.71. The second-order valence-electron chi connectivity index (χ2n) is 5.43. The Balaban J connectivity index is 2.26. The van der Waals surface area contributed by atoms with E-state index in [-0.39, 0.29) is 16.6 Å². The molecule has 1 aromatic rings. The lowest BCUT2D eigenvalue weighted by atomic mass is 9.94. The van der Waals surface area contributed by atoms with E-state index in [0.717, 1.165) is 5.56 Å². The van der Waals surface area contributed by atoms with Crippen LogP contribution in [0.5, 0.6) is 0 Å². The van der Waals surface area contributed by atoms with Crippen molar-refractivity contribution >= 4 is 23.5 Å². The summed E-state index contributed by atoms with van der Waals surface area (Å²) in [7, 11) is 0. The number of hydrogen-bond acceptors (Lipinski definition) is 5. The molecular formula is C17H20O4S. The summed E-state index contributed by atoms with van der Waals surface area (Å²) in [6.45, 7) is 3.73. The third kappa shape index (κ3) is 3.35. The fourth-order valence-electron chi connectivity index (χ4n) is 2.40. The number of esters is 1. The number of carbonyl (C=O) groups is 2. The molecule has 1 aromatic carbocycles. The number of ketones is 1. The molecule has 3 unspecified atom stereocenters. The summed E-state index contributed by atoms with van der Waals surface area (Å²) in [5.41, 5.74) is 0.642. The molecule has 4 nitrogen and oxygen atoms in total. The van der Waals surface area contributed by atoms with Gasteiger partial charge >= 0.3 is 5.97 Å². The van der Waals surface area contributed by atoms with E-state index < -0.39 is 23.8 Å². The van der Waals surface area contributed by atoms with E-state index in [4.69, 9.17) is 4.74 Å². The number of allylic oxidation sites excluding steroid dienone is 1. The van der Waals surface area contributed by atoms with Crippen LogP contribution in [0.25, 0.3) is 0 Å². The molecule has 1 saturated heterocycles. The van der Waals surface area contributed by atoms with E-state index in [1.54, 1.807) is 18.7 Å². The fourth-order valence-corrected chi connectivity index (χ4v) is 2.77. The lowest BCUT2D eigenvalue weighted by molar-refractivity contribution is -0.141. The minimum absolute atomic E-state index is 0.199. The van der Waals surface area contributed by atoms with Gasteiger partial charge in [0.25, 0.3) is 0 Å². The molecule has 0 spiro atoms. The predicted molar refractivity (Wildman–Crippen MR) is 87.0 cm³/mol. The second kappa shape index (κ2) is 7.01. The number of benzene rings is 1. The van der Waals surface area contributed by atoms with Crippen molar-refractivity contribution in [3.05, 3.63) is 47.2 Å². The van der Waals surface area contributed by atoms with Gasteiger partial charge in [-0.1, -0.05) is 44.2 Å². The number of carbonyl (C=O) groups excluding carboxylic acids is 2. The van der Waals surface area contributed by atoms with E-state index in [1.165, 1.54) is 0 Å². The van der Waals surface area contributed by atoms with Crippen molar-refractivity contribution < 1.29 is 19.4 Å². The third-order valence-corrected chi connectivity index (χ3v) is 4.90. The van der Waals surface area contributed by atoms with Gasteiger partial charge in [-0.15, -0.1) is 0 Å². The number of hydrogen-bond donors (Lipinski definition) is 1. The lowest BCUT2D eigenvalue weighted by Gasteiger charge is -2.12. The minimum Gasteiger partial charge on any atom is -0.511 e. The van der Waals surface area contributed by atoms with E-state index in [0.29, 0.717) is 6.42 Å². The SMILES string of the molecule is CSC(C)CC1OC(=O)C(=C(O)C(C)c2ccccc2)C1=O. The Bertz CT molecular complexity index is 594. The van der Waals surface area contributed by atoms with Crippen LogP contribution in [0.15, 0.2) is 41.7 Å². The van der Waals surface area contributed by atoms with Gasteiger partial charge in [0.1, 0.15) is 11.3 Å². The van der Waals surface area contributed by atoms with E-state index in [9.17, 15) is 14.7 Å². The largest absolute Gasteiger partial charge is 0.511 e. The van der Waals surface area contributed by atoms with Crippen LogP contribution in [0.4, 0.5) is 0 Å². The number of aliphatic hydroxyl groups is 1. The molecule has 1 N–H and O–H groups in total. The Morgan fingerprint density at radius 3 is 2.50 bits per heavy atom. The van der Waals surface area contributed by atoms with Crippen molar-refractivity contribution in [2.75, 3.05) is 6.26 Å². The zero-order valence-corrected chi connectivity index (χ0v) is 13.7. The highest BCUT2D eigenvalue weighted by molar-refractivity contribution is 7.99. The Morgan fingerprint density at radius 2 is 1.91 bits per heavy atom. The van der Waals surface area contributed by atoms with Crippen LogP contribution >= 0.6 is 11.8 Å². The van der Waals surface area contributed by atoms with Gasteiger partial charge < -0.3 is 9.84 Å². The van der Waals surface area contributed by atoms with Crippen molar-refractivity contribution in [3.8, 4) is 0 Å². The molecule has 0 saturated carbocycles. The molecule has 0 amide bonds. The Hall–Kier alpha value is -1.75. The zero-order valence-electron chi connectivity index (χ0n) is 12.9. The van der Waals surface area contributed by atoms with Crippen molar-refractivity contribution in [1.29, 1.82) is 0 Å². The number of aliphatic hydroxyl groups excluding tert-OH is 1. The van der Waals surface area contributed by atoms with E-state index in [1.807, 2.05) is 43.5 Å². The minimum atomic E-state index is -0.782. The van der Waals surface area contributed by atoms with Gasteiger partial charge in [-0.2, -0.15) is 11.8 Å². The van der Waals surface area contributed by atoms with Gasteiger partial charge in [-0.25, -0.2) is 4.79 Å². The first kappa shape index (κ1) is 16.6. The average Bonchev–Trinajstić information content (AvgIpc) is 2.80. The van der Waals surface area contributed by atoms with Crippen LogP contribution in [-0.2, 0) is 14.3 Å². The number of cyclic esters (lactones) is 1. The number of thioether (sulfide) groups is 1. The van der Waals surface area contributed by atoms with Gasteiger partial charge in [-0.05, 0) is 11.8 Å². The van der Waals surface area contributed by atoms with Crippen LogP contribution in [0.2, 0.25) is 0 Å². The van der Waals surface area contributed by atoms with Gasteiger partial charge in [0, 0.05) is 17.6 Å². The van der Waals surface area contributed by atoms with Crippen LogP contribution < -0.4 is 0 Å². The number of Topliss-reactive ketones (excluding diaryl/α,β-unsaturated/α-hetero) is 1.